The fraction of sp³-hybridized carbons (Fsp3) is 1.00. The van der Waals surface area contributed by atoms with Gasteiger partial charge in [-0.1, -0.05) is 19.3 Å². The van der Waals surface area contributed by atoms with E-state index < -0.39 is 0 Å². The summed E-state index contributed by atoms with van der Waals surface area (Å²) in [7, 11) is 0. The Balaban J connectivity index is 0.000000132. The smallest absolute Gasteiger partial charge is 0.00489 e. The largest absolute Gasteiger partial charge is 0.317 e. The van der Waals surface area contributed by atoms with Crippen LogP contribution in [0.4, 0.5) is 0 Å². The van der Waals surface area contributed by atoms with Gasteiger partial charge in [-0.3, -0.25) is 0 Å². The first kappa shape index (κ1) is 11.0. The van der Waals surface area contributed by atoms with Gasteiger partial charge >= 0.3 is 0 Å². The highest BCUT2D eigenvalue weighted by atomic mass is 14.9. The van der Waals surface area contributed by atoms with Gasteiger partial charge in [-0.15, -0.1) is 0 Å². The van der Waals surface area contributed by atoms with Crippen LogP contribution in [0.25, 0.3) is 0 Å². The average molecular weight is 184 g/mol. The fourth-order valence-electron chi connectivity index (χ4n) is 1.78. The number of hydrogen-bond acceptors (Lipinski definition) is 2. The zero-order valence-corrected chi connectivity index (χ0v) is 8.78. The summed E-state index contributed by atoms with van der Waals surface area (Å²) in [4.78, 5) is 0. The van der Waals surface area contributed by atoms with Crippen molar-refractivity contribution < 1.29 is 0 Å². The van der Waals surface area contributed by atoms with E-state index in [1.807, 2.05) is 0 Å². The third-order valence-electron chi connectivity index (χ3n) is 2.66. The van der Waals surface area contributed by atoms with Crippen LogP contribution in [-0.2, 0) is 0 Å². The molecule has 2 heteroatoms. The van der Waals surface area contributed by atoms with Crippen molar-refractivity contribution in [2.75, 3.05) is 26.2 Å². The maximum Gasteiger partial charge on any atom is -0.00489 e. The van der Waals surface area contributed by atoms with Gasteiger partial charge in [0.25, 0.3) is 0 Å². The number of rotatable bonds is 0. The van der Waals surface area contributed by atoms with Crippen LogP contribution in [0.5, 0.6) is 0 Å². The van der Waals surface area contributed by atoms with Crippen LogP contribution in [0.1, 0.15) is 44.9 Å². The van der Waals surface area contributed by atoms with Crippen LogP contribution in [0.2, 0.25) is 0 Å². The lowest BCUT2D eigenvalue weighted by Crippen LogP contribution is -2.21. The summed E-state index contributed by atoms with van der Waals surface area (Å²) in [5.41, 5.74) is 0. The van der Waals surface area contributed by atoms with Crippen LogP contribution in [0, 0.1) is 0 Å². The second-order valence-electron chi connectivity index (χ2n) is 3.97. The molecule has 0 atom stereocenters. The normalized spacial score (nSPS) is 24.0. The molecule has 2 aliphatic heterocycles. The molecule has 78 valence electrons. The zero-order valence-electron chi connectivity index (χ0n) is 8.78. The molecule has 0 unspecified atom stereocenters. The van der Waals surface area contributed by atoms with Crippen molar-refractivity contribution in [2.24, 2.45) is 0 Å². The van der Waals surface area contributed by atoms with E-state index in [0.717, 1.165) is 0 Å². The lowest BCUT2D eigenvalue weighted by Gasteiger charge is -2.08. The van der Waals surface area contributed by atoms with Gasteiger partial charge in [0.2, 0.25) is 0 Å². The maximum absolute atomic E-state index is 3.35. The Bertz CT molecular complexity index is 69.1. The summed E-state index contributed by atoms with van der Waals surface area (Å²) in [6, 6.07) is 0. The van der Waals surface area contributed by atoms with E-state index in [2.05, 4.69) is 10.6 Å². The van der Waals surface area contributed by atoms with Gasteiger partial charge in [0, 0.05) is 0 Å². The Hall–Kier alpha value is -0.0800. The molecule has 2 rings (SSSR count). The van der Waals surface area contributed by atoms with Crippen LogP contribution in [0.15, 0.2) is 0 Å². The minimum Gasteiger partial charge on any atom is -0.317 e. The Kier molecular flexibility index (Phi) is 7.20. The van der Waals surface area contributed by atoms with Crippen LogP contribution in [-0.4, -0.2) is 26.2 Å². The van der Waals surface area contributed by atoms with E-state index in [0.29, 0.717) is 0 Å². The monoisotopic (exact) mass is 184 g/mol. The third-order valence-corrected chi connectivity index (χ3v) is 2.66. The summed E-state index contributed by atoms with van der Waals surface area (Å²) in [5, 5.41) is 6.63. The van der Waals surface area contributed by atoms with Crippen LogP contribution < -0.4 is 10.6 Å². The Morgan fingerprint density at radius 2 is 0.692 bits per heavy atom. The highest BCUT2D eigenvalue weighted by molar-refractivity contribution is 4.55. The highest BCUT2D eigenvalue weighted by Gasteiger charge is 1.94. The summed E-state index contributed by atoms with van der Waals surface area (Å²) in [6.07, 6.45) is 9.87. The minimum atomic E-state index is 1.25. The fourth-order valence-corrected chi connectivity index (χ4v) is 1.78. The summed E-state index contributed by atoms with van der Waals surface area (Å²) < 4.78 is 0. The van der Waals surface area contributed by atoms with Crippen molar-refractivity contribution in [3.05, 3.63) is 0 Å². The lowest BCUT2D eigenvalue weighted by atomic mass is 10.2. The lowest BCUT2D eigenvalue weighted by molar-refractivity contribution is 0.520. The van der Waals surface area contributed by atoms with E-state index in [9.17, 15) is 0 Å². The predicted molar refractivity (Wildman–Crippen MR) is 58.1 cm³/mol. The molecule has 0 bridgehead atoms. The van der Waals surface area contributed by atoms with Gasteiger partial charge in [-0.05, 0) is 51.9 Å². The molecule has 0 aliphatic carbocycles. The Morgan fingerprint density at radius 1 is 0.385 bits per heavy atom. The van der Waals surface area contributed by atoms with E-state index in [1.165, 1.54) is 71.1 Å². The Morgan fingerprint density at radius 3 is 1.00 bits per heavy atom. The molecule has 2 heterocycles. The second-order valence-corrected chi connectivity index (χ2v) is 3.97. The van der Waals surface area contributed by atoms with Crippen molar-refractivity contribution >= 4 is 0 Å². The third kappa shape index (κ3) is 7.03. The maximum atomic E-state index is 3.35. The van der Waals surface area contributed by atoms with E-state index in [-0.39, 0.29) is 0 Å². The van der Waals surface area contributed by atoms with Crippen molar-refractivity contribution in [3.63, 3.8) is 0 Å². The Labute approximate surface area is 82.5 Å². The molecule has 0 aromatic heterocycles. The molecule has 2 fully saturated rings. The number of piperidine rings is 1. The SMILES string of the molecule is C1CCCNCC1.C1CCNCC1. The molecule has 0 saturated carbocycles. The van der Waals surface area contributed by atoms with Crippen LogP contribution in [0.3, 0.4) is 0 Å². The first-order chi connectivity index (χ1) is 6.50. The second kappa shape index (κ2) is 8.52. The highest BCUT2D eigenvalue weighted by Crippen LogP contribution is 2.00. The first-order valence-corrected chi connectivity index (χ1v) is 5.91. The predicted octanol–water partition coefficient (Wildman–Crippen LogP) is 1.91. The van der Waals surface area contributed by atoms with E-state index >= 15 is 0 Å². The summed E-state index contributed by atoms with van der Waals surface area (Å²) in [5.74, 6) is 0. The number of nitrogens with one attached hydrogen (secondary N) is 2. The van der Waals surface area contributed by atoms with Crippen LogP contribution >= 0.6 is 0 Å². The van der Waals surface area contributed by atoms with Crippen molar-refractivity contribution in [3.8, 4) is 0 Å². The molecule has 13 heavy (non-hydrogen) atoms. The summed E-state index contributed by atoms with van der Waals surface area (Å²) >= 11 is 0. The van der Waals surface area contributed by atoms with Crippen molar-refractivity contribution in [1.82, 2.24) is 10.6 Å². The molecule has 0 spiro atoms. The molecule has 0 aromatic rings. The van der Waals surface area contributed by atoms with Gasteiger partial charge in [0.1, 0.15) is 0 Å². The van der Waals surface area contributed by atoms with Gasteiger partial charge in [0.05, 0.1) is 0 Å². The molecule has 2 aliphatic rings. The molecular weight excluding hydrogens is 160 g/mol. The molecular formula is C11H24N2. The van der Waals surface area contributed by atoms with Gasteiger partial charge < -0.3 is 10.6 Å². The van der Waals surface area contributed by atoms with E-state index in [1.54, 1.807) is 0 Å². The number of hydrogen-bond donors (Lipinski definition) is 2. The van der Waals surface area contributed by atoms with E-state index in [4.69, 9.17) is 0 Å². The van der Waals surface area contributed by atoms with Gasteiger partial charge in [-0.2, -0.15) is 0 Å². The molecule has 0 aromatic carbocycles. The average Bonchev–Trinajstić information content (AvgIpc) is 2.53. The summed E-state index contributed by atoms with van der Waals surface area (Å²) in [6.45, 7) is 5.00. The molecule has 0 amide bonds. The first-order valence-electron chi connectivity index (χ1n) is 5.91. The minimum absolute atomic E-state index is 1.25. The zero-order chi connectivity index (χ0) is 9.19. The molecule has 2 nitrogen and oxygen atoms in total. The van der Waals surface area contributed by atoms with Crippen molar-refractivity contribution in [1.29, 1.82) is 0 Å². The standard InChI is InChI=1S/C6H13N.C5H11N/c1-2-4-6-7-5-3-1;1-2-4-6-5-3-1/h7H,1-6H2;6H,1-5H2. The van der Waals surface area contributed by atoms with Gasteiger partial charge in [-0.25, -0.2) is 0 Å². The topological polar surface area (TPSA) is 24.1 Å². The van der Waals surface area contributed by atoms with Gasteiger partial charge in [0.15, 0.2) is 0 Å². The quantitative estimate of drug-likeness (QED) is 0.601. The van der Waals surface area contributed by atoms with Crippen molar-refractivity contribution in [2.45, 2.75) is 44.9 Å². The molecule has 0 radical (unpaired) electrons. The molecule has 2 saturated heterocycles. The molecule has 2 N–H and O–H groups in total.